The molecule has 306 valence electrons. The minimum absolute atomic E-state index is 0.0564. The smallest absolute Gasteiger partial charge is 0.408 e. The number of ether oxygens (including phenoxy) is 3. The van der Waals surface area contributed by atoms with E-state index in [-0.39, 0.29) is 25.3 Å². The molecule has 1 aromatic heterocycles. The molecule has 0 bridgehead atoms. The van der Waals surface area contributed by atoms with Gasteiger partial charge in [0.05, 0.1) is 29.6 Å². The van der Waals surface area contributed by atoms with Gasteiger partial charge in [-0.25, -0.2) is 18.2 Å². The number of hydrogen-bond acceptors (Lipinski definition) is 10. The van der Waals surface area contributed by atoms with E-state index >= 15 is 0 Å². The number of carbonyl (C=O) groups excluding carboxylic acids is 4. The molecule has 5 aliphatic rings. The number of aryl methyl sites for hydroxylation is 2. The van der Waals surface area contributed by atoms with E-state index in [1.54, 1.807) is 34.8 Å². The number of alkyl carbamates (subject to hydrolysis) is 1. The number of nitrogens with zero attached hydrogens (tertiary/aromatic N) is 2. The molecule has 4 heterocycles. The summed E-state index contributed by atoms with van der Waals surface area (Å²) in [5.41, 5.74) is -0.770. The fourth-order valence-corrected chi connectivity index (χ4v) is 10.3. The largest absolute Gasteiger partial charge is 0.497 e. The Labute approximate surface area is 329 Å². The van der Waals surface area contributed by atoms with Crippen molar-refractivity contribution in [1.82, 2.24) is 25.2 Å². The van der Waals surface area contributed by atoms with Crippen LogP contribution in [-0.4, -0.2) is 89.3 Å². The third kappa shape index (κ3) is 7.64. The zero-order valence-corrected chi connectivity index (χ0v) is 34.4. The maximum atomic E-state index is 14.8. The molecule has 4 fully saturated rings. The first-order valence-corrected chi connectivity index (χ1v) is 21.7. The standard InChI is InChI=1S/C41H57N5O9S/c1-25-33-28(29-22-27(53-6)14-15-30(29)42-25)17-18-40(54-33)23-32-34(47)44-41(36(49)45-56(51,52)39(5)20-21-39)19-16-26(41)12-10-8-7-9-11-13-31(35(48)46(32)24-40)43-37(50)55-38(2,3)4/h14-15,22,26,31-32H,7-13,16-21,23-24H2,1-6H3,(H,43,50)(H,44,47)(H,45,49). The fraction of sp³-hybridized carbons (Fsp3) is 0.683. The number of aromatic nitrogens is 1. The van der Waals surface area contributed by atoms with Crippen molar-refractivity contribution in [2.45, 2.75) is 158 Å². The lowest BCUT2D eigenvalue weighted by molar-refractivity contribution is -0.146. The second-order valence-electron chi connectivity index (χ2n) is 18.0. The number of sulfonamides is 1. The van der Waals surface area contributed by atoms with Gasteiger partial charge in [-0.15, -0.1) is 0 Å². The Hall–Kier alpha value is -4.14. The molecule has 56 heavy (non-hydrogen) atoms. The summed E-state index contributed by atoms with van der Waals surface area (Å²) in [7, 11) is -2.37. The average Bonchev–Trinajstić information content (AvgIpc) is 3.79. The molecule has 2 saturated carbocycles. The summed E-state index contributed by atoms with van der Waals surface area (Å²) in [4.78, 5) is 63.3. The van der Waals surface area contributed by atoms with Crippen LogP contribution in [0.4, 0.5) is 4.79 Å². The van der Waals surface area contributed by atoms with Crippen molar-refractivity contribution in [3.05, 3.63) is 29.5 Å². The monoisotopic (exact) mass is 795 g/mol. The molecule has 14 nitrogen and oxygen atoms in total. The highest BCUT2D eigenvalue weighted by Crippen LogP contribution is 2.48. The third-order valence-electron chi connectivity index (χ3n) is 12.8. The minimum atomic E-state index is -3.98. The number of methoxy groups -OCH3 is 1. The van der Waals surface area contributed by atoms with Crippen LogP contribution >= 0.6 is 0 Å². The number of amides is 4. The second-order valence-corrected chi connectivity index (χ2v) is 20.2. The minimum Gasteiger partial charge on any atom is -0.497 e. The summed E-state index contributed by atoms with van der Waals surface area (Å²) < 4.78 is 46.0. The Morgan fingerprint density at radius 1 is 1.02 bits per heavy atom. The van der Waals surface area contributed by atoms with E-state index in [9.17, 15) is 27.6 Å². The van der Waals surface area contributed by atoms with Gasteiger partial charge in [0.1, 0.15) is 40.3 Å². The van der Waals surface area contributed by atoms with Gasteiger partial charge in [-0.2, -0.15) is 0 Å². The van der Waals surface area contributed by atoms with E-state index < -0.39 is 67.4 Å². The summed E-state index contributed by atoms with van der Waals surface area (Å²) in [5.74, 6) is -0.691. The molecule has 2 aromatic rings. The third-order valence-corrected chi connectivity index (χ3v) is 14.9. The first-order chi connectivity index (χ1) is 26.4. The molecule has 4 amide bonds. The van der Waals surface area contributed by atoms with Crippen molar-refractivity contribution >= 4 is 44.7 Å². The van der Waals surface area contributed by atoms with E-state index in [2.05, 4.69) is 15.4 Å². The van der Waals surface area contributed by atoms with E-state index in [1.165, 1.54) is 4.90 Å². The molecule has 7 rings (SSSR count). The summed E-state index contributed by atoms with van der Waals surface area (Å²) in [5, 5.41) is 6.78. The van der Waals surface area contributed by atoms with Gasteiger partial charge in [-0.1, -0.05) is 32.1 Å². The van der Waals surface area contributed by atoms with E-state index in [4.69, 9.17) is 19.2 Å². The lowest BCUT2D eigenvalue weighted by Crippen LogP contribution is -2.70. The Morgan fingerprint density at radius 2 is 1.73 bits per heavy atom. The van der Waals surface area contributed by atoms with Crippen LogP contribution in [0.2, 0.25) is 0 Å². The van der Waals surface area contributed by atoms with Crippen LogP contribution in [0.5, 0.6) is 11.5 Å². The molecule has 5 unspecified atom stereocenters. The van der Waals surface area contributed by atoms with Crippen molar-refractivity contribution < 1.29 is 41.8 Å². The molecule has 5 atom stereocenters. The number of pyridine rings is 1. The van der Waals surface area contributed by atoms with Crippen LogP contribution in [0, 0.1) is 12.8 Å². The quantitative estimate of drug-likeness (QED) is 0.368. The number of rotatable bonds is 5. The predicted molar refractivity (Wildman–Crippen MR) is 209 cm³/mol. The lowest BCUT2D eigenvalue weighted by Gasteiger charge is -2.49. The van der Waals surface area contributed by atoms with Crippen LogP contribution in [0.1, 0.15) is 122 Å². The number of benzene rings is 1. The molecule has 2 aliphatic carbocycles. The number of nitrogens with one attached hydrogen (secondary N) is 3. The van der Waals surface area contributed by atoms with Gasteiger partial charge in [0.25, 0.3) is 5.91 Å². The van der Waals surface area contributed by atoms with Gasteiger partial charge in [0, 0.05) is 17.4 Å². The fourth-order valence-electron chi connectivity index (χ4n) is 9.04. The molecule has 3 aliphatic heterocycles. The highest BCUT2D eigenvalue weighted by atomic mass is 32.2. The van der Waals surface area contributed by atoms with Crippen LogP contribution in [0.3, 0.4) is 0 Å². The topological polar surface area (TPSA) is 182 Å². The van der Waals surface area contributed by atoms with Gasteiger partial charge in [0.2, 0.25) is 21.8 Å². The molecular weight excluding hydrogens is 739 g/mol. The molecule has 15 heteroatoms. The Morgan fingerprint density at radius 3 is 2.39 bits per heavy atom. The van der Waals surface area contributed by atoms with E-state index in [1.807, 2.05) is 25.1 Å². The lowest BCUT2D eigenvalue weighted by atomic mass is 9.63. The number of fused-ring (bicyclic) bond motifs is 5. The summed E-state index contributed by atoms with van der Waals surface area (Å²) in [6.07, 6.45) is 7.38. The average molecular weight is 796 g/mol. The normalized spacial score (nSPS) is 29.2. The highest BCUT2D eigenvalue weighted by molar-refractivity contribution is 7.91. The molecule has 0 radical (unpaired) electrons. The van der Waals surface area contributed by atoms with Crippen molar-refractivity contribution in [1.29, 1.82) is 0 Å². The maximum absolute atomic E-state index is 14.8. The molecular formula is C41H57N5O9S. The summed E-state index contributed by atoms with van der Waals surface area (Å²) in [6.45, 7) is 8.80. The van der Waals surface area contributed by atoms with Crippen molar-refractivity contribution in [2.75, 3.05) is 13.7 Å². The van der Waals surface area contributed by atoms with Crippen LogP contribution in [0.15, 0.2) is 18.2 Å². The summed E-state index contributed by atoms with van der Waals surface area (Å²) >= 11 is 0. The van der Waals surface area contributed by atoms with Crippen LogP contribution < -0.4 is 24.8 Å². The molecule has 3 N–H and O–H groups in total. The van der Waals surface area contributed by atoms with E-state index in [0.717, 1.165) is 42.1 Å². The van der Waals surface area contributed by atoms with Gasteiger partial charge >= 0.3 is 6.09 Å². The van der Waals surface area contributed by atoms with Crippen molar-refractivity contribution in [3.8, 4) is 11.5 Å². The Kier molecular flexibility index (Phi) is 10.5. The zero-order valence-electron chi connectivity index (χ0n) is 33.5. The first kappa shape index (κ1) is 40.1. The summed E-state index contributed by atoms with van der Waals surface area (Å²) in [6, 6.07) is 3.66. The highest BCUT2D eigenvalue weighted by Gasteiger charge is 2.60. The van der Waals surface area contributed by atoms with Gasteiger partial charge in [-0.3, -0.25) is 19.1 Å². The number of carbonyl (C=O) groups is 4. The zero-order chi connectivity index (χ0) is 40.3. The number of hydrogen-bond donors (Lipinski definition) is 3. The van der Waals surface area contributed by atoms with Crippen LogP contribution in [0.25, 0.3) is 10.9 Å². The molecule has 1 spiro atoms. The van der Waals surface area contributed by atoms with Crippen molar-refractivity contribution in [2.24, 2.45) is 5.92 Å². The second kappa shape index (κ2) is 14.7. The van der Waals surface area contributed by atoms with Crippen LogP contribution in [-0.2, 0) is 35.6 Å². The Balaban J connectivity index is 1.25. The first-order valence-electron chi connectivity index (χ1n) is 20.2. The SMILES string of the molecule is COc1ccc2nc(C)c3c(c2c1)CCC1(CC2C(=O)NC4(C(=O)NS(=O)(=O)C5(C)CC5)CCC4CCCCCCCC(NC(=O)OC(C)(C)C)C(=O)N2C1)O3. The maximum Gasteiger partial charge on any atom is 0.408 e. The Bertz CT molecular complexity index is 2030. The van der Waals surface area contributed by atoms with Gasteiger partial charge in [-0.05, 0) is 110 Å². The molecule has 2 saturated heterocycles. The predicted octanol–water partition coefficient (Wildman–Crippen LogP) is 5.12. The van der Waals surface area contributed by atoms with Gasteiger partial charge < -0.3 is 29.7 Å². The van der Waals surface area contributed by atoms with Crippen molar-refractivity contribution in [3.63, 3.8) is 0 Å². The van der Waals surface area contributed by atoms with E-state index in [0.29, 0.717) is 68.6 Å². The molecule has 1 aromatic carbocycles. The van der Waals surface area contributed by atoms with Gasteiger partial charge in [0.15, 0.2) is 0 Å².